The van der Waals surface area contributed by atoms with Crippen LogP contribution < -0.4 is 5.32 Å². The number of aromatic nitrogens is 2. The van der Waals surface area contributed by atoms with E-state index >= 15 is 0 Å². The number of methoxy groups -OCH3 is 1. The van der Waals surface area contributed by atoms with Gasteiger partial charge in [0, 0.05) is 27.0 Å². The van der Waals surface area contributed by atoms with Crippen molar-refractivity contribution in [3.8, 4) is 0 Å². The van der Waals surface area contributed by atoms with E-state index in [0.29, 0.717) is 0 Å². The van der Waals surface area contributed by atoms with E-state index in [-0.39, 0.29) is 0 Å². The zero-order valence-corrected chi connectivity index (χ0v) is 14.7. The molecular formula is C17H22N4OS. The number of rotatable bonds is 4. The molecule has 0 unspecified atom stereocenters. The predicted octanol–water partition coefficient (Wildman–Crippen LogP) is 3.76. The third-order valence-electron chi connectivity index (χ3n) is 2.85. The lowest BCUT2D eigenvalue weighted by atomic mass is 10.2. The zero-order valence-electron chi connectivity index (χ0n) is 13.9. The van der Waals surface area contributed by atoms with Gasteiger partial charge in [0.15, 0.2) is 5.13 Å². The van der Waals surface area contributed by atoms with Crippen LogP contribution in [0.15, 0.2) is 42.6 Å². The first-order chi connectivity index (χ1) is 11.1. The SMILES string of the molecule is CN(C)Cc1ccnc(Nc2nc3ccccc3s2)c1.COC. The molecular weight excluding hydrogens is 308 g/mol. The number of nitrogens with zero attached hydrogens (tertiary/aromatic N) is 3. The van der Waals surface area contributed by atoms with Gasteiger partial charge in [-0.05, 0) is 43.9 Å². The largest absolute Gasteiger partial charge is 0.388 e. The Morgan fingerprint density at radius 2 is 1.91 bits per heavy atom. The molecule has 0 fully saturated rings. The fourth-order valence-electron chi connectivity index (χ4n) is 2.04. The third-order valence-corrected chi connectivity index (χ3v) is 3.80. The van der Waals surface area contributed by atoms with Crippen molar-refractivity contribution >= 4 is 32.5 Å². The summed E-state index contributed by atoms with van der Waals surface area (Å²) >= 11 is 1.64. The van der Waals surface area contributed by atoms with E-state index in [1.807, 2.05) is 30.5 Å². The van der Waals surface area contributed by atoms with Gasteiger partial charge >= 0.3 is 0 Å². The molecule has 0 spiro atoms. The van der Waals surface area contributed by atoms with Gasteiger partial charge in [-0.25, -0.2) is 9.97 Å². The van der Waals surface area contributed by atoms with Gasteiger partial charge in [0.1, 0.15) is 5.82 Å². The van der Waals surface area contributed by atoms with Crippen molar-refractivity contribution in [2.24, 2.45) is 0 Å². The van der Waals surface area contributed by atoms with Crippen molar-refractivity contribution in [1.29, 1.82) is 0 Å². The summed E-state index contributed by atoms with van der Waals surface area (Å²) in [6, 6.07) is 12.2. The molecule has 5 nitrogen and oxygen atoms in total. The molecule has 23 heavy (non-hydrogen) atoms. The Bertz CT molecular complexity index is 709. The maximum absolute atomic E-state index is 4.56. The van der Waals surface area contributed by atoms with Crippen LogP contribution in [0, 0.1) is 0 Å². The molecule has 2 heterocycles. The average molecular weight is 330 g/mol. The summed E-state index contributed by atoms with van der Waals surface area (Å²) in [5, 5.41) is 4.16. The van der Waals surface area contributed by atoms with E-state index in [1.54, 1.807) is 25.6 Å². The number of hydrogen-bond acceptors (Lipinski definition) is 6. The van der Waals surface area contributed by atoms with E-state index < -0.39 is 0 Å². The molecule has 0 atom stereocenters. The van der Waals surface area contributed by atoms with Crippen LogP contribution in [0.1, 0.15) is 5.56 Å². The highest BCUT2D eigenvalue weighted by atomic mass is 32.1. The summed E-state index contributed by atoms with van der Waals surface area (Å²) in [7, 11) is 7.36. The van der Waals surface area contributed by atoms with E-state index in [4.69, 9.17) is 0 Å². The van der Waals surface area contributed by atoms with Gasteiger partial charge in [-0.1, -0.05) is 23.5 Å². The summed E-state index contributed by atoms with van der Waals surface area (Å²) in [4.78, 5) is 11.0. The van der Waals surface area contributed by atoms with Crippen LogP contribution in [-0.4, -0.2) is 43.2 Å². The van der Waals surface area contributed by atoms with Gasteiger partial charge in [-0.2, -0.15) is 0 Å². The van der Waals surface area contributed by atoms with Crippen LogP contribution in [0.2, 0.25) is 0 Å². The van der Waals surface area contributed by atoms with Crippen LogP contribution in [0.4, 0.5) is 10.9 Å². The minimum Gasteiger partial charge on any atom is -0.388 e. The molecule has 0 amide bonds. The molecule has 0 aliphatic heterocycles. The molecule has 2 aromatic heterocycles. The molecule has 0 bridgehead atoms. The van der Waals surface area contributed by atoms with Crippen LogP contribution in [0.3, 0.4) is 0 Å². The summed E-state index contributed by atoms with van der Waals surface area (Å²) in [5.41, 5.74) is 2.25. The number of anilines is 2. The van der Waals surface area contributed by atoms with Crippen molar-refractivity contribution in [3.05, 3.63) is 48.2 Å². The zero-order chi connectivity index (χ0) is 16.7. The van der Waals surface area contributed by atoms with E-state index in [0.717, 1.165) is 23.0 Å². The second kappa shape index (κ2) is 8.57. The van der Waals surface area contributed by atoms with Crippen LogP contribution in [0.25, 0.3) is 10.2 Å². The molecule has 3 rings (SSSR count). The van der Waals surface area contributed by atoms with Crippen LogP contribution >= 0.6 is 11.3 Å². The lowest BCUT2D eigenvalue weighted by Gasteiger charge is -2.10. The lowest BCUT2D eigenvalue weighted by Crippen LogP contribution is -2.10. The lowest BCUT2D eigenvalue weighted by molar-refractivity contribution is 0.277. The molecule has 0 aliphatic rings. The number of thiazole rings is 1. The predicted molar refractivity (Wildman–Crippen MR) is 97.5 cm³/mol. The van der Waals surface area contributed by atoms with Crippen molar-refractivity contribution < 1.29 is 4.74 Å². The van der Waals surface area contributed by atoms with Crippen molar-refractivity contribution in [1.82, 2.24) is 14.9 Å². The first kappa shape index (κ1) is 17.3. The maximum Gasteiger partial charge on any atom is 0.189 e. The highest BCUT2D eigenvalue weighted by Gasteiger charge is 2.05. The normalized spacial score (nSPS) is 10.5. The topological polar surface area (TPSA) is 50.3 Å². The fraction of sp³-hybridized carbons (Fsp3) is 0.294. The van der Waals surface area contributed by atoms with Crippen LogP contribution in [-0.2, 0) is 11.3 Å². The molecule has 0 saturated heterocycles. The summed E-state index contributed by atoms with van der Waals surface area (Å²) in [6.07, 6.45) is 1.83. The summed E-state index contributed by atoms with van der Waals surface area (Å²) in [6.45, 7) is 0.900. The smallest absolute Gasteiger partial charge is 0.189 e. The molecule has 1 N–H and O–H groups in total. The standard InChI is InChI=1S/C15H16N4S.C2H6O/c1-19(2)10-11-7-8-16-14(9-11)18-15-17-12-5-3-4-6-13(12)20-15;1-3-2/h3-9H,10H2,1-2H3,(H,16,17,18);1-2H3. The van der Waals surface area contributed by atoms with Gasteiger partial charge in [0.2, 0.25) is 0 Å². The third kappa shape index (κ3) is 5.28. The van der Waals surface area contributed by atoms with Crippen molar-refractivity contribution in [3.63, 3.8) is 0 Å². The van der Waals surface area contributed by atoms with Crippen molar-refractivity contribution in [2.75, 3.05) is 33.6 Å². The summed E-state index contributed by atoms with van der Waals surface area (Å²) < 4.78 is 5.43. The van der Waals surface area contributed by atoms with E-state index in [9.17, 15) is 0 Å². The second-order valence-electron chi connectivity index (χ2n) is 5.31. The highest BCUT2D eigenvalue weighted by Crippen LogP contribution is 2.27. The number of hydrogen-bond donors (Lipinski definition) is 1. The molecule has 0 aliphatic carbocycles. The molecule has 6 heteroatoms. The molecule has 0 radical (unpaired) electrons. The van der Waals surface area contributed by atoms with Gasteiger partial charge in [0.05, 0.1) is 10.2 Å². The molecule has 0 saturated carbocycles. The fourth-order valence-corrected chi connectivity index (χ4v) is 2.91. The Morgan fingerprint density at radius 1 is 1.17 bits per heavy atom. The quantitative estimate of drug-likeness (QED) is 0.789. The Labute approximate surface area is 141 Å². The number of pyridine rings is 1. The van der Waals surface area contributed by atoms with Gasteiger partial charge < -0.3 is 15.0 Å². The minimum absolute atomic E-state index is 0.836. The number of benzene rings is 1. The number of ether oxygens (including phenoxy) is 1. The van der Waals surface area contributed by atoms with E-state index in [2.05, 4.69) is 51.1 Å². The first-order valence-corrected chi connectivity index (χ1v) is 8.06. The average Bonchev–Trinajstić information content (AvgIpc) is 2.89. The second-order valence-corrected chi connectivity index (χ2v) is 6.34. The summed E-state index contributed by atoms with van der Waals surface area (Å²) in [5.74, 6) is 0.836. The maximum atomic E-state index is 4.56. The molecule has 3 aromatic rings. The van der Waals surface area contributed by atoms with E-state index in [1.165, 1.54) is 10.3 Å². The molecule has 1 aromatic carbocycles. The van der Waals surface area contributed by atoms with Gasteiger partial charge in [-0.3, -0.25) is 0 Å². The van der Waals surface area contributed by atoms with Gasteiger partial charge in [0.25, 0.3) is 0 Å². The van der Waals surface area contributed by atoms with Crippen molar-refractivity contribution in [2.45, 2.75) is 6.54 Å². The Morgan fingerprint density at radius 3 is 2.61 bits per heavy atom. The van der Waals surface area contributed by atoms with Crippen LogP contribution in [0.5, 0.6) is 0 Å². The number of fused-ring (bicyclic) bond motifs is 1. The Balaban J connectivity index is 0.000000595. The van der Waals surface area contributed by atoms with Gasteiger partial charge in [-0.15, -0.1) is 0 Å². The molecule has 122 valence electrons. The number of para-hydroxylation sites is 1. The Kier molecular flexibility index (Phi) is 6.46. The Hall–Kier alpha value is -2.02. The minimum atomic E-state index is 0.836. The monoisotopic (exact) mass is 330 g/mol. The first-order valence-electron chi connectivity index (χ1n) is 7.24. The highest BCUT2D eigenvalue weighted by molar-refractivity contribution is 7.22. The number of nitrogens with one attached hydrogen (secondary N) is 1.